The average molecular weight is 399 g/mol. The fourth-order valence-electron chi connectivity index (χ4n) is 2.65. The molecule has 5 heteroatoms. The molecule has 0 radical (unpaired) electrons. The maximum Gasteiger partial charge on any atom is 0.203 e. The molecule has 29 heavy (non-hydrogen) atoms. The van der Waals surface area contributed by atoms with Gasteiger partial charge in [0.2, 0.25) is 5.78 Å². The minimum atomic E-state index is -0.369. The van der Waals surface area contributed by atoms with Crippen LogP contribution < -0.4 is 4.74 Å². The smallest absolute Gasteiger partial charge is 0.203 e. The minimum Gasteiger partial charge on any atom is -0.488 e. The molecule has 0 amide bonds. The minimum absolute atomic E-state index is 0.0123. The first-order chi connectivity index (χ1) is 14.1. The standard InChI is InChI=1S/C24H15ClN2O2/c25-22-10-11-23(29-16-18-8-6-17(14-26)7-9-18)20(13-22)12-21(15-27)24(28)19-4-2-1-3-5-19/h1-13H,16H2. The topological polar surface area (TPSA) is 73.9 Å². The van der Waals surface area contributed by atoms with E-state index in [1.54, 1.807) is 60.7 Å². The fraction of sp³-hybridized carbons (Fsp3) is 0.0417. The first kappa shape index (κ1) is 19.9. The van der Waals surface area contributed by atoms with Crippen molar-refractivity contribution >= 4 is 23.5 Å². The third kappa shape index (κ3) is 5.11. The van der Waals surface area contributed by atoms with Crippen molar-refractivity contribution in [1.82, 2.24) is 0 Å². The first-order valence-corrected chi connectivity index (χ1v) is 9.11. The van der Waals surface area contributed by atoms with Gasteiger partial charge in [-0.2, -0.15) is 10.5 Å². The fourth-order valence-corrected chi connectivity index (χ4v) is 2.83. The summed E-state index contributed by atoms with van der Waals surface area (Å²) in [5.74, 6) is 0.124. The third-order valence-corrected chi connectivity index (χ3v) is 4.39. The lowest BCUT2D eigenvalue weighted by Crippen LogP contribution is -2.02. The summed E-state index contributed by atoms with van der Waals surface area (Å²) in [6.07, 6.45) is 1.48. The predicted molar refractivity (Wildman–Crippen MR) is 111 cm³/mol. The number of halogens is 1. The molecule has 0 atom stereocenters. The number of carbonyl (C=O) groups is 1. The van der Waals surface area contributed by atoms with Crippen LogP contribution in [0.4, 0.5) is 0 Å². The van der Waals surface area contributed by atoms with Crippen LogP contribution in [-0.4, -0.2) is 5.78 Å². The zero-order valence-corrected chi connectivity index (χ0v) is 16.1. The molecule has 140 valence electrons. The molecular formula is C24H15ClN2O2. The molecule has 0 saturated carbocycles. The number of nitrogens with zero attached hydrogens (tertiary/aromatic N) is 2. The predicted octanol–water partition coefficient (Wildman–Crippen LogP) is 5.58. The lowest BCUT2D eigenvalue weighted by Gasteiger charge is -2.10. The Kier molecular flexibility index (Phi) is 6.43. The van der Waals surface area contributed by atoms with E-state index >= 15 is 0 Å². The van der Waals surface area contributed by atoms with Gasteiger partial charge in [-0.25, -0.2) is 0 Å². The second-order valence-corrected chi connectivity index (χ2v) is 6.58. The molecule has 0 saturated heterocycles. The average Bonchev–Trinajstić information content (AvgIpc) is 2.77. The third-order valence-electron chi connectivity index (χ3n) is 4.15. The maximum atomic E-state index is 12.6. The van der Waals surface area contributed by atoms with Gasteiger partial charge in [-0.15, -0.1) is 0 Å². The second-order valence-electron chi connectivity index (χ2n) is 6.14. The number of Topliss-reactive ketones (excluding diaryl/α,β-unsaturated/α-hetero) is 1. The molecule has 0 spiro atoms. The summed E-state index contributed by atoms with van der Waals surface area (Å²) in [4.78, 5) is 12.6. The number of allylic oxidation sites excluding steroid dienone is 1. The van der Waals surface area contributed by atoms with E-state index < -0.39 is 0 Å². The van der Waals surface area contributed by atoms with Crippen molar-refractivity contribution < 1.29 is 9.53 Å². The number of hydrogen-bond donors (Lipinski definition) is 0. The number of rotatable bonds is 6. The Labute approximate surface area is 173 Å². The van der Waals surface area contributed by atoms with Gasteiger partial charge < -0.3 is 4.74 Å². The van der Waals surface area contributed by atoms with Crippen LogP contribution in [0.15, 0.2) is 78.4 Å². The van der Waals surface area contributed by atoms with E-state index in [0.717, 1.165) is 5.56 Å². The largest absolute Gasteiger partial charge is 0.488 e. The summed E-state index contributed by atoms with van der Waals surface area (Å²) in [5, 5.41) is 18.8. The van der Waals surface area contributed by atoms with Crippen LogP contribution in [0.1, 0.15) is 27.0 Å². The molecule has 0 bridgehead atoms. The highest BCUT2D eigenvalue weighted by atomic mass is 35.5. The van der Waals surface area contributed by atoms with Crippen LogP contribution in [-0.2, 0) is 6.61 Å². The van der Waals surface area contributed by atoms with Crippen molar-refractivity contribution in [3.05, 3.63) is 106 Å². The summed E-state index contributed by atoms with van der Waals surface area (Å²) in [5.41, 5.74) is 2.41. The monoisotopic (exact) mass is 398 g/mol. The van der Waals surface area contributed by atoms with E-state index in [0.29, 0.717) is 27.5 Å². The number of carbonyl (C=O) groups excluding carboxylic acids is 1. The van der Waals surface area contributed by atoms with Gasteiger partial charge in [-0.05, 0) is 42.0 Å². The number of ether oxygens (including phenoxy) is 1. The quantitative estimate of drug-likeness (QED) is 0.308. The van der Waals surface area contributed by atoms with Crippen molar-refractivity contribution in [3.8, 4) is 17.9 Å². The van der Waals surface area contributed by atoms with E-state index in [1.165, 1.54) is 6.08 Å². The maximum absolute atomic E-state index is 12.6. The van der Waals surface area contributed by atoms with Gasteiger partial charge in [-0.3, -0.25) is 4.79 Å². The Hall–Kier alpha value is -3.86. The van der Waals surface area contributed by atoms with Crippen LogP contribution in [0, 0.1) is 22.7 Å². The Morgan fingerprint density at radius 1 is 1.00 bits per heavy atom. The van der Waals surface area contributed by atoms with Gasteiger partial charge in [-0.1, -0.05) is 54.1 Å². The lowest BCUT2D eigenvalue weighted by molar-refractivity contribution is 0.104. The van der Waals surface area contributed by atoms with Gasteiger partial charge in [0, 0.05) is 16.1 Å². The number of nitriles is 2. The number of ketones is 1. The highest BCUT2D eigenvalue weighted by Gasteiger charge is 2.13. The zero-order valence-electron chi connectivity index (χ0n) is 15.3. The molecular weight excluding hydrogens is 384 g/mol. The van der Waals surface area contributed by atoms with E-state index in [-0.39, 0.29) is 18.0 Å². The lowest BCUT2D eigenvalue weighted by atomic mass is 10.0. The summed E-state index contributed by atoms with van der Waals surface area (Å²) in [6.45, 7) is 0.267. The molecule has 4 nitrogen and oxygen atoms in total. The highest BCUT2D eigenvalue weighted by Crippen LogP contribution is 2.27. The Morgan fingerprint density at radius 2 is 1.72 bits per heavy atom. The number of hydrogen-bond acceptors (Lipinski definition) is 4. The molecule has 3 aromatic rings. The molecule has 0 aromatic heterocycles. The molecule has 0 unspecified atom stereocenters. The summed E-state index contributed by atoms with van der Waals surface area (Å²) >= 11 is 6.11. The van der Waals surface area contributed by atoms with E-state index in [1.807, 2.05) is 18.2 Å². The molecule has 3 aromatic carbocycles. The molecule has 0 aliphatic rings. The molecule has 3 rings (SSSR count). The van der Waals surface area contributed by atoms with Crippen molar-refractivity contribution in [2.24, 2.45) is 0 Å². The van der Waals surface area contributed by atoms with Crippen LogP contribution in [0.25, 0.3) is 6.08 Å². The van der Waals surface area contributed by atoms with E-state index in [9.17, 15) is 10.1 Å². The van der Waals surface area contributed by atoms with Crippen molar-refractivity contribution in [3.63, 3.8) is 0 Å². The zero-order chi connectivity index (χ0) is 20.6. The van der Waals surface area contributed by atoms with Crippen LogP contribution >= 0.6 is 11.6 Å². The highest BCUT2D eigenvalue weighted by molar-refractivity contribution is 6.30. The van der Waals surface area contributed by atoms with E-state index in [2.05, 4.69) is 6.07 Å². The summed E-state index contributed by atoms with van der Waals surface area (Å²) in [7, 11) is 0. The van der Waals surface area contributed by atoms with Crippen LogP contribution in [0.2, 0.25) is 5.02 Å². The van der Waals surface area contributed by atoms with Gasteiger partial charge in [0.05, 0.1) is 11.6 Å². The van der Waals surface area contributed by atoms with Crippen LogP contribution in [0.3, 0.4) is 0 Å². The molecule has 0 aliphatic carbocycles. The summed E-state index contributed by atoms with van der Waals surface area (Å²) < 4.78 is 5.88. The van der Waals surface area contributed by atoms with Crippen LogP contribution in [0.5, 0.6) is 5.75 Å². The number of benzene rings is 3. The van der Waals surface area contributed by atoms with Crippen molar-refractivity contribution in [2.45, 2.75) is 6.61 Å². The first-order valence-electron chi connectivity index (χ1n) is 8.73. The Morgan fingerprint density at radius 3 is 2.38 bits per heavy atom. The molecule has 0 fully saturated rings. The normalized spacial score (nSPS) is 10.7. The SMILES string of the molecule is N#CC(=Cc1cc(Cl)ccc1OCc1ccc(C#N)cc1)C(=O)c1ccccc1. The van der Waals surface area contributed by atoms with E-state index in [4.69, 9.17) is 21.6 Å². The molecule has 0 heterocycles. The second kappa shape index (κ2) is 9.37. The van der Waals surface area contributed by atoms with Gasteiger partial charge >= 0.3 is 0 Å². The van der Waals surface area contributed by atoms with Crippen molar-refractivity contribution in [2.75, 3.05) is 0 Å². The molecule has 0 aliphatic heterocycles. The Balaban J connectivity index is 1.87. The van der Waals surface area contributed by atoms with Crippen molar-refractivity contribution in [1.29, 1.82) is 10.5 Å². The Bertz CT molecular complexity index is 1140. The van der Waals surface area contributed by atoms with Gasteiger partial charge in [0.15, 0.2) is 0 Å². The van der Waals surface area contributed by atoms with Gasteiger partial charge in [0.1, 0.15) is 24.0 Å². The van der Waals surface area contributed by atoms with Gasteiger partial charge in [0.25, 0.3) is 0 Å². The summed E-state index contributed by atoms with van der Waals surface area (Å²) in [6, 6.07) is 24.7. The molecule has 0 N–H and O–H groups in total.